The molecule has 18 heavy (non-hydrogen) atoms. The maximum atomic E-state index is 11.4. The Kier molecular flexibility index (Phi) is 4.99. The van der Waals surface area contributed by atoms with Crippen molar-refractivity contribution in [2.75, 3.05) is 12.4 Å². The molecule has 0 unspecified atom stereocenters. The van der Waals surface area contributed by atoms with Crippen LogP contribution in [0.2, 0.25) is 0 Å². The number of carbonyl (C=O) groups is 3. The van der Waals surface area contributed by atoms with E-state index < -0.39 is 30.4 Å². The van der Waals surface area contributed by atoms with Crippen molar-refractivity contribution in [1.82, 2.24) is 14.9 Å². The highest BCUT2D eigenvalue weighted by molar-refractivity contribution is 7.10. The third-order valence-electron chi connectivity index (χ3n) is 1.80. The zero-order chi connectivity index (χ0) is 13.5. The van der Waals surface area contributed by atoms with Crippen LogP contribution < -0.4 is 10.6 Å². The quantitative estimate of drug-likeness (QED) is 0.627. The number of nitrogens with one attached hydrogen (secondary N) is 2. The highest BCUT2D eigenvalue weighted by atomic mass is 32.1. The minimum absolute atomic E-state index is 0.356. The molecule has 0 spiro atoms. The van der Waals surface area contributed by atoms with Gasteiger partial charge in [-0.25, -0.2) is 9.59 Å². The standard InChI is InChI=1S/C8H10N4O5S/c1-17-6(13)2-4(7(14)15)10-8(16)11-5-3-9-12-18-5/h3-4H,2H2,1H3,(H,14,15)(H2,10,11,16)/t4-/m0/s1. The van der Waals surface area contributed by atoms with Crippen LogP contribution in [-0.4, -0.2) is 45.8 Å². The Hall–Kier alpha value is -2.23. The molecule has 0 aliphatic heterocycles. The molecule has 1 aromatic heterocycles. The lowest BCUT2D eigenvalue weighted by molar-refractivity contribution is -0.147. The van der Waals surface area contributed by atoms with Crippen molar-refractivity contribution in [3.05, 3.63) is 6.20 Å². The molecule has 2 amide bonds. The summed E-state index contributed by atoms with van der Waals surface area (Å²) in [6, 6.07) is -2.13. The van der Waals surface area contributed by atoms with E-state index in [2.05, 4.69) is 25.0 Å². The van der Waals surface area contributed by atoms with Gasteiger partial charge >= 0.3 is 18.0 Å². The van der Waals surface area contributed by atoms with E-state index in [9.17, 15) is 14.4 Å². The van der Waals surface area contributed by atoms with E-state index in [1.807, 2.05) is 0 Å². The summed E-state index contributed by atoms with van der Waals surface area (Å²) in [5.41, 5.74) is 0. The van der Waals surface area contributed by atoms with Crippen molar-refractivity contribution in [3.63, 3.8) is 0 Å². The lowest BCUT2D eigenvalue weighted by atomic mass is 10.2. The average Bonchev–Trinajstić information content (AvgIpc) is 2.80. The van der Waals surface area contributed by atoms with E-state index in [0.29, 0.717) is 5.00 Å². The van der Waals surface area contributed by atoms with Gasteiger partial charge < -0.3 is 15.2 Å². The number of amides is 2. The number of nitrogens with zero attached hydrogens (tertiary/aromatic N) is 2. The van der Waals surface area contributed by atoms with Crippen LogP contribution in [0.4, 0.5) is 9.80 Å². The van der Waals surface area contributed by atoms with Crippen LogP contribution in [0.25, 0.3) is 0 Å². The first-order chi connectivity index (χ1) is 8.52. The SMILES string of the molecule is COC(=O)C[C@H](NC(=O)Nc1cnns1)C(=O)O. The second-order valence-electron chi connectivity index (χ2n) is 3.05. The van der Waals surface area contributed by atoms with E-state index in [1.165, 1.54) is 6.20 Å². The van der Waals surface area contributed by atoms with Gasteiger partial charge in [-0.15, -0.1) is 5.10 Å². The number of aliphatic carboxylic acids is 1. The number of rotatable bonds is 5. The largest absolute Gasteiger partial charge is 0.480 e. The molecular formula is C8H10N4O5S. The maximum Gasteiger partial charge on any atom is 0.326 e. The minimum atomic E-state index is -1.36. The molecule has 1 heterocycles. The Bertz CT molecular complexity index is 435. The Balaban J connectivity index is 2.52. The van der Waals surface area contributed by atoms with Crippen molar-refractivity contribution in [3.8, 4) is 0 Å². The first-order valence-electron chi connectivity index (χ1n) is 4.67. The molecule has 3 N–H and O–H groups in total. The number of methoxy groups -OCH3 is 1. The normalized spacial score (nSPS) is 11.4. The van der Waals surface area contributed by atoms with Gasteiger partial charge in [0.05, 0.1) is 19.7 Å². The summed E-state index contributed by atoms with van der Waals surface area (Å²) in [4.78, 5) is 33.2. The van der Waals surface area contributed by atoms with Crippen molar-refractivity contribution in [2.24, 2.45) is 0 Å². The highest BCUT2D eigenvalue weighted by Gasteiger charge is 2.23. The Morgan fingerprint density at radius 3 is 2.78 bits per heavy atom. The van der Waals surface area contributed by atoms with Crippen LogP contribution in [0.3, 0.4) is 0 Å². The van der Waals surface area contributed by atoms with E-state index in [0.717, 1.165) is 18.6 Å². The number of hydrogen-bond acceptors (Lipinski definition) is 7. The Labute approximate surface area is 105 Å². The second kappa shape index (κ2) is 6.49. The number of ether oxygens (including phenoxy) is 1. The van der Waals surface area contributed by atoms with Gasteiger partial charge in [-0.05, 0) is 0 Å². The molecule has 0 aliphatic carbocycles. The van der Waals surface area contributed by atoms with Crippen molar-refractivity contribution >= 4 is 34.5 Å². The molecular weight excluding hydrogens is 264 g/mol. The Morgan fingerprint density at radius 2 is 2.28 bits per heavy atom. The fourth-order valence-corrected chi connectivity index (χ4v) is 1.39. The van der Waals surface area contributed by atoms with Gasteiger partial charge in [0.2, 0.25) is 0 Å². The van der Waals surface area contributed by atoms with Gasteiger partial charge in [-0.2, -0.15) is 0 Å². The lowest BCUT2D eigenvalue weighted by Gasteiger charge is -2.13. The minimum Gasteiger partial charge on any atom is -0.480 e. The van der Waals surface area contributed by atoms with Crippen molar-refractivity contribution < 1.29 is 24.2 Å². The van der Waals surface area contributed by atoms with Crippen LogP contribution in [0.5, 0.6) is 0 Å². The van der Waals surface area contributed by atoms with Crippen LogP contribution in [0, 0.1) is 0 Å². The molecule has 9 nitrogen and oxygen atoms in total. The molecule has 0 aromatic carbocycles. The first-order valence-corrected chi connectivity index (χ1v) is 5.44. The number of aromatic nitrogens is 2. The number of urea groups is 1. The Morgan fingerprint density at radius 1 is 1.56 bits per heavy atom. The number of hydrogen-bond donors (Lipinski definition) is 3. The summed E-state index contributed by atoms with van der Waals surface area (Å²) in [6.07, 6.45) is 0.848. The van der Waals surface area contributed by atoms with Crippen LogP contribution in [0.15, 0.2) is 6.20 Å². The average molecular weight is 274 g/mol. The number of anilines is 1. The van der Waals surface area contributed by atoms with Gasteiger partial charge in [0, 0.05) is 11.5 Å². The monoisotopic (exact) mass is 274 g/mol. The maximum absolute atomic E-state index is 11.4. The summed E-state index contributed by atoms with van der Waals surface area (Å²) in [6.45, 7) is 0. The second-order valence-corrected chi connectivity index (χ2v) is 3.84. The molecule has 0 fully saturated rings. The molecule has 0 radical (unpaired) electrons. The number of carboxylic acids is 1. The van der Waals surface area contributed by atoms with E-state index in [1.54, 1.807) is 0 Å². The molecule has 98 valence electrons. The summed E-state index contributed by atoms with van der Waals surface area (Å²) in [7, 11) is 1.13. The molecule has 0 bridgehead atoms. The molecule has 1 rings (SSSR count). The summed E-state index contributed by atoms with van der Waals surface area (Å²) in [5.74, 6) is -2.07. The number of esters is 1. The predicted octanol–water partition coefficient (Wildman–Crippen LogP) is -0.324. The van der Waals surface area contributed by atoms with E-state index >= 15 is 0 Å². The van der Waals surface area contributed by atoms with Gasteiger partial charge in [-0.1, -0.05) is 4.49 Å². The van der Waals surface area contributed by atoms with Crippen LogP contribution in [0.1, 0.15) is 6.42 Å². The lowest BCUT2D eigenvalue weighted by Crippen LogP contribution is -2.44. The van der Waals surface area contributed by atoms with Gasteiger partial charge in [0.1, 0.15) is 11.0 Å². The third kappa shape index (κ3) is 4.33. The zero-order valence-electron chi connectivity index (χ0n) is 9.24. The van der Waals surface area contributed by atoms with Gasteiger partial charge in [-0.3, -0.25) is 10.1 Å². The highest BCUT2D eigenvalue weighted by Crippen LogP contribution is 2.08. The predicted molar refractivity (Wildman–Crippen MR) is 60.1 cm³/mol. The molecule has 10 heteroatoms. The molecule has 0 aliphatic rings. The van der Waals surface area contributed by atoms with E-state index in [4.69, 9.17) is 5.11 Å². The topological polar surface area (TPSA) is 131 Å². The fourth-order valence-electron chi connectivity index (χ4n) is 0.979. The molecule has 1 aromatic rings. The fraction of sp³-hybridized carbons (Fsp3) is 0.375. The molecule has 0 saturated carbocycles. The third-order valence-corrected chi connectivity index (χ3v) is 2.38. The van der Waals surface area contributed by atoms with Crippen LogP contribution in [-0.2, 0) is 14.3 Å². The van der Waals surface area contributed by atoms with Gasteiger partial charge in [0.15, 0.2) is 0 Å². The van der Waals surface area contributed by atoms with Crippen LogP contribution >= 0.6 is 11.5 Å². The molecule has 0 saturated heterocycles. The zero-order valence-corrected chi connectivity index (χ0v) is 10.1. The smallest absolute Gasteiger partial charge is 0.326 e. The van der Waals surface area contributed by atoms with E-state index in [-0.39, 0.29) is 0 Å². The van der Waals surface area contributed by atoms with Crippen molar-refractivity contribution in [2.45, 2.75) is 12.5 Å². The number of carboxylic acid groups (broad SMARTS) is 1. The summed E-state index contributed by atoms with van der Waals surface area (Å²) in [5, 5.41) is 17.1. The first kappa shape index (κ1) is 13.8. The van der Waals surface area contributed by atoms with Crippen molar-refractivity contribution in [1.29, 1.82) is 0 Å². The summed E-state index contributed by atoms with van der Waals surface area (Å²) < 4.78 is 7.84. The molecule has 1 atom stereocenters. The van der Waals surface area contributed by atoms with Gasteiger partial charge in [0.25, 0.3) is 0 Å². The summed E-state index contributed by atoms with van der Waals surface area (Å²) >= 11 is 0.933. The number of carbonyl (C=O) groups excluding carboxylic acids is 2.